The topological polar surface area (TPSA) is 64.1 Å². The number of H-pyrrole nitrogens is 1. The molecule has 3 rings (SSSR count). The van der Waals surface area contributed by atoms with Gasteiger partial charge < -0.3 is 4.74 Å². The Morgan fingerprint density at radius 1 is 1.47 bits per heavy atom. The van der Waals surface area contributed by atoms with E-state index in [2.05, 4.69) is 18.8 Å². The van der Waals surface area contributed by atoms with Crippen LogP contribution in [0.3, 0.4) is 0 Å². The van der Waals surface area contributed by atoms with Crippen molar-refractivity contribution >= 4 is 0 Å². The predicted molar refractivity (Wildman–Crippen MR) is 71.0 cm³/mol. The molecule has 0 spiro atoms. The Labute approximate surface area is 111 Å². The number of ether oxygens (including phenoxy) is 1. The molecule has 0 bridgehead atoms. The number of nitrogens with zero attached hydrogens (tertiary/aromatic N) is 1. The second-order valence-corrected chi connectivity index (χ2v) is 5.81. The van der Waals surface area contributed by atoms with Crippen molar-refractivity contribution in [3.05, 3.63) is 33.1 Å². The summed E-state index contributed by atoms with van der Waals surface area (Å²) in [4.78, 5) is 25.3. The Morgan fingerprint density at radius 2 is 2.21 bits per heavy atom. The van der Waals surface area contributed by atoms with E-state index in [9.17, 15) is 9.59 Å². The second-order valence-electron chi connectivity index (χ2n) is 5.81. The maximum absolute atomic E-state index is 11.8. The molecular weight excluding hydrogens is 244 g/mol. The molecule has 1 saturated carbocycles. The molecule has 3 atom stereocenters. The third-order valence-electron chi connectivity index (χ3n) is 4.73. The first-order valence-electron chi connectivity index (χ1n) is 7.06. The van der Waals surface area contributed by atoms with Gasteiger partial charge in [0.25, 0.3) is 5.56 Å². The highest BCUT2D eigenvalue weighted by atomic mass is 16.5. The van der Waals surface area contributed by atoms with Crippen molar-refractivity contribution in [1.82, 2.24) is 9.55 Å². The van der Waals surface area contributed by atoms with Gasteiger partial charge in [0.15, 0.2) is 0 Å². The van der Waals surface area contributed by atoms with Crippen molar-refractivity contribution in [2.24, 2.45) is 11.8 Å². The summed E-state index contributed by atoms with van der Waals surface area (Å²) in [6.07, 6.45) is 5.55. The monoisotopic (exact) mass is 264 g/mol. The molecule has 0 unspecified atom stereocenters. The highest BCUT2D eigenvalue weighted by Crippen LogP contribution is 2.55. The van der Waals surface area contributed by atoms with Gasteiger partial charge in [-0.25, -0.2) is 4.79 Å². The minimum Gasteiger partial charge on any atom is -0.351 e. The van der Waals surface area contributed by atoms with Crippen molar-refractivity contribution in [3.63, 3.8) is 0 Å². The number of aromatic amines is 1. The van der Waals surface area contributed by atoms with Gasteiger partial charge in [-0.3, -0.25) is 14.3 Å². The van der Waals surface area contributed by atoms with E-state index in [4.69, 9.17) is 4.74 Å². The number of nitrogens with one attached hydrogen (secondary N) is 1. The zero-order valence-corrected chi connectivity index (χ0v) is 11.4. The molecule has 1 aromatic rings. The van der Waals surface area contributed by atoms with Crippen molar-refractivity contribution in [2.45, 2.75) is 51.4 Å². The van der Waals surface area contributed by atoms with Crippen LogP contribution in [0.2, 0.25) is 0 Å². The highest BCUT2D eigenvalue weighted by molar-refractivity contribution is 5.03. The molecule has 2 heterocycles. The van der Waals surface area contributed by atoms with Gasteiger partial charge in [0, 0.05) is 12.3 Å². The largest absolute Gasteiger partial charge is 0.351 e. The maximum Gasteiger partial charge on any atom is 0.330 e. The van der Waals surface area contributed by atoms with Crippen LogP contribution >= 0.6 is 0 Å². The molecule has 19 heavy (non-hydrogen) atoms. The van der Waals surface area contributed by atoms with Gasteiger partial charge >= 0.3 is 5.69 Å². The lowest BCUT2D eigenvalue weighted by Crippen LogP contribution is -2.37. The molecule has 5 heteroatoms. The first kappa shape index (κ1) is 12.7. The van der Waals surface area contributed by atoms with Crippen LogP contribution in [0.1, 0.15) is 45.8 Å². The van der Waals surface area contributed by atoms with E-state index >= 15 is 0 Å². The van der Waals surface area contributed by atoms with E-state index in [1.165, 1.54) is 29.7 Å². The van der Waals surface area contributed by atoms with E-state index in [0.29, 0.717) is 11.8 Å². The van der Waals surface area contributed by atoms with Crippen LogP contribution < -0.4 is 11.2 Å². The lowest BCUT2D eigenvalue weighted by Gasteiger charge is -2.32. The summed E-state index contributed by atoms with van der Waals surface area (Å²) in [6.45, 7) is 4.37. The lowest BCUT2D eigenvalue weighted by molar-refractivity contribution is -0.101. The average molecular weight is 264 g/mol. The Hall–Kier alpha value is -1.36. The molecule has 1 aromatic heterocycles. The quantitative estimate of drug-likeness (QED) is 0.902. The van der Waals surface area contributed by atoms with Crippen LogP contribution in [-0.4, -0.2) is 15.2 Å². The van der Waals surface area contributed by atoms with E-state index in [1.807, 2.05) is 0 Å². The molecular formula is C14H20N2O3. The summed E-state index contributed by atoms with van der Waals surface area (Å²) in [5.74, 6) is 1.07. The summed E-state index contributed by atoms with van der Waals surface area (Å²) < 4.78 is 7.79. The van der Waals surface area contributed by atoms with Gasteiger partial charge in [-0.05, 0) is 37.5 Å². The summed E-state index contributed by atoms with van der Waals surface area (Å²) in [5.41, 5.74) is -0.830. The number of hydrogen-bond donors (Lipinski definition) is 1. The van der Waals surface area contributed by atoms with Crippen molar-refractivity contribution in [1.29, 1.82) is 0 Å². The maximum atomic E-state index is 11.8. The molecule has 1 aliphatic carbocycles. The third-order valence-corrected chi connectivity index (χ3v) is 4.73. The van der Waals surface area contributed by atoms with Crippen LogP contribution in [0, 0.1) is 11.8 Å². The average Bonchev–Trinajstić information content (AvgIpc) is 3.15. The van der Waals surface area contributed by atoms with Crippen molar-refractivity contribution in [2.75, 3.05) is 0 Å². The van der Waals surface area contributed by atoms with Crippen LogP contribution in [0.5, 0.6) is 0 Å². The van der Waals surface area contributed by atoms with Crippen LogP contribution in [0.25, 0.3) is 0 Å². The van der Waals surface area contributed by atoms with E-state index in [-0.39, 0.29) is 23.1 Å². The van der Waals surface area contributed by atoms with Crippen molar-refractivity contribution in [3.8, 4) is 0 Å². The zero-order valence-electron chi connectivity index (χ0n) is 11.4. The smallest absolute Gasteiger partial charge is 0.330 e. The van der Waals surface area contributed by atoms with Crippen molar-refractivity contribution < 1.29 is 4.74 Å². The number of rotatable bonds is 3. The third kappa shape index (κ3) is 1.96. The minimum atomic E-state index is -0.382. The molecule has 2 aliphatic rings. The van der Waals surface area contributed by atoms with Gasteiger partial charge in [0.05, 0.1) is 5.60 Å². The summed E-state index contributed by atoms with van der Waals surface area (Å²) in [6, 6.07) is 1.37. The fraction of sp³-hybridized carbons (Fsp3) is 0.714. The molecule has 0 amide bonds. The molecule has 1 N–H and O–H groups in total. The number of hydrogen-bond acceptors (Lipinski definition) is 3. The van der Waals surface area contributed by atoms with Crippen LogP contribution in [0.15, 0.2) is 21.9 Å². The lowest BCUT2D eigenvalue weighted by atomic mass is 9.82. The number of aromatic nitrogens is 2. The zero-order chi connectivity index (χ0) is 13.6. The van der Waals surface area contributed by atoms with Gasteiger partial charge in [0.1, 0.15) is 6.23 Å². The van der Waals surface area contributed by atoms with E-state index in [0.717, 1.165) is 12.8 Å². The van der Waals surface area contributed by atoms with E-state index in [1.54, 1.807) is 0 Å². The molecule has 0 radical (unpaired) electrons. The fourth-order valence-corrected chi connectivity index (χ4v) is 3.53. The SMILES string of the molecule is CC[C@@]1(C2CC2)O[C@@H](n2ccc(=O)[nH]c2=O)C[C@@H]1C. The second kappa shape index (κ2) is 4.34. The normalized spacial score (nSPS) is 34.6. The Morgan fingerprint density at radius 3 is 2.79 bits per heavy atom. The van der Waals surface area contributed by atoms with Gasteiger partial charge in [0.2, 0.25) is 0 Å². The van der Waals surface area contributed by atoms with Gasteiger partial charge in [-0.2, -0.15) is 0 Å². The van der Waals surface area contributed by atoms with E-state index < -0.39 is 0 Å². The molecule has 0 aromatic carbocycles. The Kier molecular flexibility index (Phi) is 2.89. The molecule has 1 aliphatic heterocycles. The fourth-order valence-electron chi connectivity index (χ4n) is 3.53. The predicted octanol–water partition coefficient (Wildman–Crippen LogP) is 1.65. The summed E-state index contributed by atoms with van der Waals surface area (Å²) in [5, 5.41) is 0. The highest BCUT2D eigenvalue weighted by Gasteiger charge is 2.54. The summed E-state index contributed by atoms with van der Waals surface area (Å²) in [7, 11) is 0. The van der Waals surface area contributed by atoms with Gasteiger partial charge in [-0.1, -0.05) is 13.8 Å². The first-order valence-corrected chi connectivity index (χ1v) is 7.06. The molecule has 1 saturated heterocycles. The standard InChI is InChI=1S/C14H20N2O3/c1-3-14(10-4-5-10)9(2)8-12(19-14)16-7-6-11(17)15-13(16)18/h6-7,9-10,12H,3-5,8H2,1-2H3,(H,15,17,18)/t9-,12+,14+/m0/s1. The van der Waals surface area contributed by atoms with Crippen LogP contribution in [0.4, 0.5) is 0 Å². The minimum absolute atomic E-state index is 0.0831. The molecule has 2 fully saturated rings. The van der Waals surface area contributed by atoms with Gasteiger partial charge in [-0.15, -0.1) is 0 Å². The Balaban J connectivity index is 1.92. The Bertz CT molecular complexity index is 587. The molecule has 104 valence electrons. The molecule has 5 nitrogen and oxygen atoms in total. The van der Waals surface area contributed by atoms with Crippen LogP contribution in [-0.2, 0) is 4.74 Å². The summed E-state index contributed by atoms with van der Waals surface area (Å²) >= 11 is 0. The first-order chi connectivity index (χ1) is 9.06.